The summed E-state index contributed by atoms with van der Waals surface area (Å²) in [5.41, 5.74) is 3.93. The van der Waals surface area contributed by atoms with E-state index in [4.69, 9.17) is 4.74 Å². The van der Waals surface area contributed by atoms with Gasteiger partial charge in [-0.15, -0.1) is 0 Å². The van der Waals surface area contributed by atoms with Gasteiger partial charge in [0, 0.05) is 62.7 Å². The minimum Gasteiger partial charge on any atom is -0.502 e. The van der Waals surface area contributed by atoms with Gasteiger partial charge in [-0.05, 0) is 35.4 Å². The zero-order chi connectivity index (χ0) is 25.6. The Kier molecular flexibility index (Phi) is 7.95. The highest BCUT2D eigenvalue weighted by Crippen LogP contribution is 2.26. The molecule has 37 heavy (non-hydrogen) atoms. The van der Waals surface area contributed by atoms with E-state index in [1.54, 1.807) is 0 Å². The van der Waals surface area contributed by atoms with Crippen LogP contribution in [0.4, 0.5) is 4.39 Å². The molecule has 5 rings (SSSR count). The zero-order valence-electron chi connectivity index (χ0n) is 20.7. The van der Waals surface area contributed by atoms with Crippen LogP contribution in [0.5, 0.6) is 5.75 Å². The van der Waals surface area contributed by atoms with E-state index in [9.17, 15) is 14.3 Å². The Labute approximate surface area is 215 Å². The predicted molar refractivity (Wildman–Crippen MR) is 139 cm³/mol. The second kappa shape index (κ2) is 11.7. The molecule has 2 saturated heterocycles. The number of ether oxygens (including phenoxy) is 1. The molecule has 3 aromatic rings. The van der Waals surface area contributed by atoms with E-state index in [2.05, 4.69) is 51.0 Å². The summed E-state index contributed by atoms with van der Waals surface area (Å²) in [6.45, 7) is 5.88. The summed E-state index contributed by atoms with van der Waals surface area (Å²) in [7, 11) is 0. The zero-order valence-corrected chi connectivity index (χ0v) is 20.7. The lowest BCUT2D eigenvalue weighted by molar-refractivity contribution is 0.0342. The highest BCUT2D eigenvalue weighted by Gasteiger charge is 2.29. The third-order valence-corrected chi connectivity index (χ3v) is 6.93. The number of likely N-dealkylation sites (tertiary alicyclic amines) is 1. The summed E-state index contributed by atoms with van der Waals surface area (Å²) in [4.78, 5) is 22.8. The second-order valence-corrected chi connectivity index (χ2v) is 9.70. The van der Waals surface area contributed by atoms with Crippen LogP contribution in [0.2, 0.25) is 0 Å². The number of morpholine rings is 1. The largest absolute Gasteiger partial charge is 0.502 e. The molecule has 8 heteroatoms. The molecule has 1 atom stereocenters. The van der Waals surface area contributed by atoms with Gasteiger partial charge in [0.2, 0.25) is 5.75 Å². The van der Waals surface area contributed by atoms with Gasteiger partial charge >= 0.3 is 0 Å². The molecule has 7 nitrogen and oxygen atoms in total. The number of aromatic hydroxyl groups is 1. The van der Waals surface area contributed by atoms with Gasteiger partial charge in [-0.3, -0.25) is 14.6 Å². The van der Waals surface area contributed by atoms with Gasteiger partial charge in [0.25, 0.3) is 5.56 Å². The van der Waals surface area contributed by atoms with Gasteiger partial charge in [0.15, 0.2) is 0 Å². The Bertz CT molecular complexity index is 1300. The maximum absolute atomic E-state index is 13.4. The highest BCUT2D eigenvalue weighted by molar-refractivity contribution is 5.44. The third kappa shape index (κ3) is 6.63. The number of rotatable bonds is 7. The normalized spacial score (nSPS) is 17.5. The second-order valence-electron chi connectivity index (χ2n) is 9.70. The van der Waals surface area contributed by atoms with Crippen molar-refractivity contribution in [3.8, 4) is 17.6 Å². The third-order valence-electron chi connectivity index (χ3n) is 6.93. The Morgan fingerprint density at radius 2 is 1.68 bits per heavy atom. The van der Waals surface area contributed by atoms with Crippen molar-refractivity contribution in [3.63, 3.8) is 0 Å². The molecule has 0 bridgehead atoms. The van der Waals surface area contributed by atoms with E-state index in [0.717, 1.165) is 49.5 Å². The molecule has 3 heterocycles. The van der Waals surface area contributed by atoms with Crippen molar-refractivity contribution in [2.45, 2.75) is 25.1 Å². The van der Waals surface area contributed by atoms with Crippen molar-refractivity contribution in [1.82, 2.24) is 19.8 Å². The first kappa shape index (κ1) is 25.2. The molecule has 0 spiro atoms. The molecule has 2 aliphatic heterocycles. The number of hydrogen-bond acceptors (Lipinski definition) is 6. The molecule has 0 aliphatic carbocycles. The molecule has 192 valence electrons. The van der Waals surface area contributed by atoms with Crippen molar-refractivity contribution in [1.29, 1.82) is 0 Å². The molecule has 2 fully saturated rings. The average molecular weight is 503 g/mol. The minimum absolute atomic E-state index is 0.0475. The Hall–Kier alpha value is -3.51. The monoisotopic (exact) mass is 502 g/mol. The summed E-state index contributed by atoms with van der Waals surface area (Å²) in [6, 6.07) is 16.3. The molecule has 2 aliphatic rings. The summed E-state index contributed by atoms with van der Waals surface area (Å²) >= 11 is 0. The average Bonchev–Trinajstić information content (AvgIpc) is 2.90. The van der Waals surface area contributed by atoms with Crippen LogP contribution < -0.4 is 5.56 Å². The number of halogens is 1. The van der Waals surface area contributed by atoms with Crippen LogP contribution in [0.25, 0.3) is 0 Å². The van der Waals surface area contributed by atoms with E-state index in [1.165, 1.54) is 11.9 Å². The maximum atomic E-state index is 13.4. The van der Waals surface area contributed by atoms with Crippen molar-refractivity contribution in [2.24, 2.45) is 0 Å². The number of hydrogen-bond donors (Lipinski definition) is 2. The van der Waals surface area contributed by atoms with E-state index >= 15 is 0 Å². The Balaban J connectivity index is 1.26. The highest BCUT2D eigenvalue weighted by atomic mass is 19.1. The molecule has 0 amide bonds. The molecule has 0 saturated carbocycles. The quantitative estimate of drug-likeness (QED) is 0.484. The number of benzene rings is 2. The number of nitrogens with one attached hydrogen (secondary N) is 1. The van der Waals surface area contributed by atoms with Crippen LogP contribution >= 0.6 is 0 Å². The Morgan fingerprint density at radius 1 is 1.03 bits per heavy atom. The lowest BCUT2D eigenvalue weighted by Crippen LogP contribution is -2.49. The number of alkyl halides is 1. The predicted octanol–water partition coefficient (Wildman–Crippen LogP) is 2.69. The molecular weight excluding hydrogens is 471 g/mol. The first-order chi connectivity index (χ1) is 18.0. The van der Waals surface area contributed by atoms with E-state index in [0.29, 0.717) is 31.7 Å². The van der Waals surface area contributed by atoms with Crippen LogP contribution in [-0.2, 0) is 17.7 Å². The number of nitrogens with zero attached hydrogens (tertiary/aromatic N) is 3. The van der Waals surface area contributed by atoms with Gasteiger partial charge in [0.05, 0.1) is 25.2 Å². The molecule has 2 N–H and O–H groups in total. The number of H-pyrrole nitrogens is 1. The fourth-order valence-electron chi connectivity index (χ4n) is 4.76. The van der Waals surface area contributed by atoms with Crippen LogP contribution in [0.1, 0.15) is 33.9 Å². The van der Waals surface area contributed by atoms with Crippen LogP contribution in [0, 0.1) is 11.8 Å². The molecule has 0 radical (unpaired) electrons. The van der Waals surface area contributed by atoms with Gasteiger partial charge in [0.1, 0.15) is 6.17 Å². The van der Waals surface area contributed by atoms with Crippen LogP contribution in [0.15, 0.2) is 59.7 Å². The fourth-order valence-corrected chi connectivity index (χ4v) is 4.76. The molecule has 1 aromatic heterocycles. The standard InChI is InChI=1S/C29H31FN4O3/c30-26-18-34(19-26)17-25(15-27-28(35)29(36)32-20-31-27)24-9-7-22(8-10-24)2-1-21-3-5-23(6-4-21)16-33-11-13-37-14-12-33/h3-10,20,25-26,35H,11-19H2,(H,31,32,36)/t25-/m0/s1. The van der Waals surface area contributed by atoms with Gasteiger partial charge < -0.3 is 14.8 Å². The van der Waals surface area contributed by atoms with E-state index in [-0.39, 0.29) is 11.7 Å². The van der Waals surface area contributed by atoms with Crippen molar-refractivity contribution in [3.05, 3.63) is 93.2 Å². The van der Waals surface area contributed by atoms with Gasteiger partial charge in [-0.25, -0.2) is 9.37 Å². The molecule has 0 unspecified atom stereocenters. The lowest BCUT2D eigenvalue weighted by atomic mass is 9.91. The topological polar surface area (TPSA) is 81.7 Å². The van der Waals surface area contributed by atoms with Crippen molar-refractivity contribution < 1.29 is 14.2 Å². The maximum Gasteiger partial charge on any atom is 0.293 e. The smallest absolute Gasteiger partial charge is 0.293 e. The number of aromatic nitrogens is 2. The molecular formula is C29H31FN4O3. The summed E-state index contributed by atoms with van der Waals surface area (Å²) in [5, 5.41) is 10.2. The summed E-state index contributed by atoms with van der Waals surface area (Å²) in [5.74, 6) is 6.05. The van der Waals surface area contributed by atoms with Crippen molar-refractivity contribution >= 4 is 0 Å². The SMILES string of the molecule is O=c1[nH]cnc(C[C@@H](CN2CC(F)C2)c2ccc(C#Cc3ccc(CN4CCOCC4)cc3)cc2)c1O. The van der Waals surface area contributed by atoms with Crippen LogP contribution in [0.3, 0.4) is 0 Å². The summed E-state index contributed by atoms with van der Waals surface area (Å²) < 4.78 is 18.8. The van der Waals surface area contributed by atoms with E-state index in [1.807, 2.05) is 29.2 Å². The number of aromatic amines is 1. The van der Waals surface area contributed by atoms with Crippen molar-refractivity contribution in [2.75, 3.05) is 45.9 Å². The Morgan fingerprint density at radius 3 is 2.32 bits per heavy atom. The van der Waals surface area contributed by atoms with Crippen LogP contribution in [-0.4, -0.2) is 77.0 Å². The van der Waals surface area contributed by atoms with Gasteiger partial charge in [-0.1, -0.05) is 36.1 Å². The van der Waals surface area contributed by atoms with Gasteiger partial charge in [-0.2, -0.15) is 0 Å². The first-order valence-corrected chi connectivity index (χ1v) is 12.7. The summed E-state index contributed by atoms with van der Waals surface area (Å²) in [6.07, 6.45) is 0.881. The fraction of sp³-hybridized carbons (Fsp3) is 0.379. The molecule has 2 aromatic carbocycles. The van der Waals surface area contributed by atoms with E-state index < -0.39 is 11.7 Å². The minimum atomic E-state index is -0.794. The first-order valence-electron chi connectivity index (χ1n) is 12.7. The lowest BCUT2D eigenvalue weighted by Gasteiger charge is -2.37.